The molecule has 0 aliphatic carbocycles. The summed E-state index contributed by atoms with van der Waals surface area (Å²) >= 11 is 1.42. The fourth-order valence-electron chi connectivity index (χ4n) is 2.24. The minimum atomic E-state index is -0.373. The lowest BCUT2D eigenvalue weighted by Gasteiger charge is -2.02. The molecule has 21 heavy (non-hydrogen) atoms. The third-order valence-corrected chi connectivity index (χ3v) is 4.42. The molecule has 5 nitrogen and oxygen atoms in total. The molecular formula is C15H15N3O2S. The van der Waals surface area contributed by atoms with Gasteiger partial charge in [0.15, 0.2) is 0 Å². The SMILES string of the molecule is NCCCn1c(=O)[nH]c2sc(-c3ccccc3)cc2c1=O. The van der Waals surface area contributed by atoms with Crippen LogP contribution in [0.2, 0.25) is 0 Å². The summed E-state index contributed by atoms with van der Waals surface area (Å²) in [6, 6.07) is 11.6. The van der Waals surface area contributed by atoms with Gasteiger partial charge in [-0.3, -0.25) is 14.3 Å². The van der Waals surface area contributed by atoms with Gasteiger partial charge in [-0.05, 0) is 24.6 Å². The maximum atomic E-state index is 12.4. The third-order valence-electron chi connectivity index (χ3n) is 3.32. The highest BCUT2D eigenvalue weighted by Crippen LogP contribution is 2.30. The van der Waals surface area contributed by atoms with Crippen molar-refractivity contribution >= 4 is 21.6 Å². The zero-order valence-corrected chi connectivity index (χ0v) is 12.2. The molecule has 0 radical (unpaired) electrons. The number of H-pyrrole nitrogens is 1. The number of hydrogen-bond donors (Lipinski definition) is 2. The number of rotatable bonds is 4. The predicted molar refractivity (Wildman–Crippen MR) is 85.8 cm³/mol. The Labute approximate surface area is 124 Å². The van der Waals surface area contributed by atoms with Crippen molar-refractivity contribution in [1.29, 1.82) is 0 Å². The average Bonchev–Trinajstić information content (AvgIpc) is 2.92. The van der Waals surface area contributed by atoms with Crippen LogP contribution in [0.25, 0.3) is 20.7 Å². The molecular weight excluding hydrogens is 286 g/mol. The van der Waals surface area contributed by atoms with Gasteiger partial charge in [-0.15, -0.1) is 11.3 Å². The zero-order chi connectivity index (χ0) is 14.8. The lowest BCUT2D eigenvalue weighted by atomic mass is 10.2. The van der Waals surface area contributed by atoms with Gasteiger partial charge in [-0.25, -0.2) is 4.79 Å². The largest absolute Gasteiger partial charge is 0.330 e. The highest BCUT2D eigenvalue weighted by molar-refractivity contribution is 7.21. The van der Waals surface area contributed by atoms with Gasteiger partial charge in [0.2, 0.25) is 0 Å². The Balaban J connectivity index is 2.16. The molecule has 0 spiro atoms. The second kappa shape index (κ2) is 5.67. The molecule has 0 fully saturated rings. The number of thiophene rings is 1. The molecule has 0 bridgehead atoms. The minimum Gasteiger partial charge on any atom is -0.330 e. The van der Waals surface area contributed by atoms with Crippen LogP contribution < -0.4 is 17.0 Å². The van der Waals surface area contributed by atoms with Crippen LogP contribution in [0.3, 0.4) is 0 Å². The Morgan fingerprint density at radius 2 is 1.95 bits per heavy atom. The Hall–Kier alpha value is -2.18. The number of nitrogens with zero attached hydrogens (tertiary/aromatic N) is 1. The van der Waals surface area contributed by atoms with Gasteiger partial charge in [0.1, 0.15) is 4.83 Å². The van der Waals surface area contributed by atoms with Crippen LogP contribution in [0.1, 0.15) is 6.42 Å². The van der Waals surface area contributed by atoms with E-state index in [-0.39, 0.29) is 11.2 Å². The zero-order valence-electron chi connectivity index (χ0n) is 11.3. The van der Waals surface area contributed by atoms with E-state index in [1.165, 1.54) is 15.9 Å². The topological polar surface area (TPSA) is 80.9 Å². The van der Waals surface area contributed by atoms with E-state index in [2.05, 4.69) is 4.98 Å². The highest BCUT2D eigenvalue weighted by Gasteiger charge is 2.11. The van der Waals surface area contributed by atoms with Gasteiger partial charge < -0.3 is 5.73 Å². The molecule has 0 aliphatic rings. The molecule has 2 aromatic heterocycles. The summed E-state index contributed by atoms with van der Waals surface area (Å²) in [5.74, 6) is 0. The molecule has 3 rings (SSSR count). The maximum absolute atomic E-state index is 12.4. The highest BCUT2D eigenvalue weighted by atomic mass is 32.1. The first-order valence-electron chi connectivity index (χ1n) is 6.73. The molecule has 2 heterocycles. The summed E-state index contributed by atoms with van der Waals surface area (Å²) < 4.78 is 1.22. The Bertz CT molecular complexity index is 877. The molecule has 108 valence electrons. The summed E-state index contributed by atoms with van der Waals surface area (Å²) in [6.07, 6.45) is 0.601. The molecule has 0 aliphatic heterocycles. The van der Waals surface area contributed by atoms with Gasteiger partial charge in [-0.1, -0.05) is 30.3 Å². The van der Waals surface area contributed by atoms with Crippen LogP contribution in [0, 0.1) is 0 Å². The van der Waals surface area contributed by atoms with Crippen LogP contribution in [0.15, 0.2) is 46.0 Å². The van der Waals surface area contributed by atoms with Gasteiger partial charge >= 0.3 is 5.69 Å². The van der Waals surface area contributed by atoms with Crippen molar-refractivity contribution in [2.24, 2.45) is 5.73 Å². The van der Waals surface area contributed by atoms with Crippen molar-refractivity contribution in [2.45, 2.75) is 13.0 Å². The van der Waals surface area contributed by atoms with Crippen molar-refractivity contribution < 1.29 is 0 Å². The van der Waals surface area contributed by atoms with E-state index in [1.807, 2.05) is 36.4 Å². The van der Waals surface area contributed by atoms with E-state index in [9.17, 15) is 9.59 Å². The van der Waals surface area contributed by atoms with Crippen molar-refractivity contribution in [3.05, 3.63) is 57.2 Å². The molecule has 3 aromatic rings. The van der Waals surface area contributed by atoms with Crippen molar-refractivity contribution in [3.8, 4) is 10.4 Å². The number of fused-ring (bicyclic) bond motifs is 1. The summed E-state index contributed by atoms with van der Waals surface area (Å²) in [7, 11) is 0. The smallest absolute Gasteiger partial charge is 0.329 e. The second-order valence-corrected chi connectivity index (χ2v) is 5.80. The first-order valence-corrected chi connectivity index (χ1v) is 7.54. The third kappa shape index (κ3) is 2.55. The van der Waals surface area contributed by atoms with E-state index in [1.54, 1.807) is 0 Å². The van der Waals surface area contributed by atoms with Gasteiger partial charge in [-0.2, -0.15) is 0 Å². The van der Waals surface area contributed by atoms with Gasteiger partial charge in [0, 0.05) is 11.4 Å². The standard InChI is InChI=1S/C15H15N3O2S/c16-7-4-8-18-14(19)11-9-12(10-5-2-1-3-6-10)21-13(11)17-15(18)20/h1-3,5-6,9H,4,7-8,16H2,(H,17,20). The van der Waals surface area contributed by atoms with Gasteiger partial charge in [0.05, 0.1) is 5.39 Å². The predicted octanol–water partition coefficient (Wildman–Crippen LogP) is 1.77. The fraction of sp³-hybridized carbons (Fsp3) is 0.200. The summed E-state index contributed by atoms with van der Waals surface area (Å²) in [5, 5.41) is 0.551. The molecule has 0 amide bonds. The van der Waals surface area contributed by atoms with Gasteiger partial charge in [0.25, 0.3) is 5.56 Å². The first-order chi connectivity index (χ1) is 10.2. The summed E-state index contributed by atoms with van der Waals surface area (Å²) in [5.41, 5.74) is 5.86. The number of aromatic nitrogens is 2. The summed E-state index contributed by atoms with van der Waals surface area (Å²) in [6.45, 7) is 0.792. The molecule has 6 heteroatoms. The van der Waals surface area contributed by atoms with Crippen LogP contribution in [0.4, 0.5) is 0 Å². The molecule has 0 saturated heterocycles. The maximum Gasteiger partial charge on any atom is 0.329 e. The second-order valence-electron chi connectivity index (χ2n) is 4.75. The van der Waals surface area contributed by atoms with Crippen LogP contribution >= 0.6 is 11.3 Å². The molecule has 3 N–H and O–H groups in total. The number of hydrogen-bond acceptors (Lipinski definition) is 4. The van der Waals surface area contributed by atoms with Crippen molar-refractivity contribution in [2.75, 3.05) is 6.54 Å². The lowest BCUT2D eigenvalue weighted by molar-refractivity contribution is 0.604. The Kier molecular flexibility index (Phi) is 3.72. The number of benzene rings is 1. The number of nitrogens with one attached hydrogen (secondary N) is 1. The van der Waals surface area contributed by atoms with E-state index in [0.717, 1.165) is 10.4 Å². The quantitative estimate of drug-likeness (QED) is 0.770. The molecule has 0 saturated carbocycles. The number of nitrogens with two attached hydrogens (primary N) is 1. The normalized spacial score (nSPS) is 11.1. The van der Waals surface area contributed by atoms with E-state index in [4.69, 9.17) is 5.73 Å². The Morgan fingerprint density at radius 1 is 1.19 bits per heavy atom. The monoisotopic (exact) mass is 301 g/mol. The average molecular weight is 301 g/mol. The van der Waals surface area contributed by atoms with E-state index < -0.39 is 0 Å². The van der Waals surface area contributed by atoms with Crippen LogP contribution in [-0.2, 0) is 6.54 Å². The van der Waals surface area contributed by atoms with Crippen LogP contribution in [-0.4, -0.2) is 16.1 Å². The van der Waals surface area contributed by atoms with E-state index in [0.29, 0.717) is 29.7 Å². The molecule has 1 aromatic carbocycles. The molecule has 0 atom stereocenters. The van der Waals surface area contributed by atoms with Crippen molar-refractivity contribution in [3.63, 3.8) is 0 Å². The summed E-state index contributed by atoms with van der Waals surface area (Å²) in [4.78, 5) is 28.8. The van der Waals surface area contributed by atoms with Crippen LogP contribution in [0.5, 0.6) is 0 Å². The van der Waals surface area contributed by atoms with Crippen molar-refractivity contribution in [1.82, 2.24) is 9.55 Å². The lowest BCUT2D eigenvalue weighted by Crippen LogP contribution is -2.35. The fourth-order valence-corrected chi connectivity index (χ4v) is 3.29. The molecule has 0 unspecified atom stereocenters. The number of aromatic amines is 1. The first kappa shape index (κ1) is 13.8. The van der Waals surface area contributed by atoms with E-state index >= 15 is 0 Å². The Morgan fingerprint density at radius 3 is 2.67 bits per heavy atom. The minimum absolute atomic E-state index is 0.249.